The molecule has 0 radical (unpaired) electrons. The van der Waals surface area contributed by atoms with Crippen LogP contribution in [0.5, 0.6) is 11.5 Å². The minimum Gasteiger partial charge on any atom is -0.490 e. The van der Waals surface area contributed by atoms with Crippen molar-refractivity contribution in [2.45, 2.75) is 18.7 Å². The van der Waals surface area contributed by atoms with E-state index in [1.54, 1.807) is 6.26 Å². The van der Waals surface area contributed by atoms with Crippen molar-refractivity contribution in [1.29, 1.82) is 0 Å². The standard InChI is InChI=1S/C15H14BrClO3/c1-9-10(3-6-18-9)15(17)11-7-13-14(8-12(11)16)20-5-2-4-19-13/h3,6-8,15H,2,4-5H2,1H3. The van der Waals surface area contributed by atoms with Crippen LogP contribution in [0.1, 0.15) is 28.7 Å². The van der Waals surface area contributed by atoms with E-state index < -0.39 is 0 Å². The van der Waals surface area contributed by atoms with Crippen molar-refractivity contribution in [3.05, 3.63) is 45.8 Å². The van der Waals surface area contributed by atoms with E-state index in [1.165, 1.54) is 0 Å². The maximum absolute atomic E-state index is 6.58. The van der Waals surface area contributed by atoms with Crippen LogP contribution in [0.3, 0.4) is 0 Å². The van der Waals surface area contributed by atoms with Crippen molar-refractivity contribution < 1.29 is 13.9 Å². The number of hydrogen-bond donors (Lipinski definition) is 0. The number of alkyl halides is 1. The molecule has 0 amide bonds. The quantitative estimate of drug-likeness (QED) is 0.721. The second-order valence-corrected chi connectivity index (χ2v) is 5.96. The Labute approximate surface area is 130 Å². The van der Waals surface area contributed by atoms with Crippen LogP contribution >= 0.6 is 27.5 Å². The lowest BCUT2D eigenvalue weighted by atomic mass is 10.0. The number of aryl methyl sites for hydroxylation is 1. The number of halogens is 2. The van der Waals surface area contributed by atoms with Crippen LogP contribution in [-0.2, 0) is 0 Å². The number of fused-ring (bicyclic) bond motifs is 1. The molecule has 1 aromatic carbocycles. The summed E-state index contributed by atoms with van der Waals surface area (Å²) in [7, 11) is 0. The van der Waals surface area contributed by atoms with E-state index >= 15 is 0 Å². The summed E-state index contributed by atoms with van der Waals surface area (Å²) in [6, 6.07) is 5.75. The predicted molar refractivity (Wildman–Crippen MR) is 80.9 cm³/mol. The highest BCUT2D eigenvalue weighted by atomic mass is 79.9. The molecule has 0 saturated heterocycles. The van der Waals surface area contributed by atoms with Crippen LogP contribution in [0.25, 0.3) is 0 Å². The molecule has 0 N–H and O–H groups in total. The Balaban J connectivity index is 2.01. The molecule has 106 valence electrons. The second kappa shape index (κ2) is 5.70. The molecule has 0 saturated carbocycles. The summed E-state index contributed by atoms with van der Waals surface area (Å²) in [5.41, 5.74) is 1.90. The summed E-state index contributed by atoms with van der Waals surface area (Å²) in [6.07, 6.45) is 2.53. The van der Waals surface area contributed by atoms with E-state index in [-0.39, 0.29) is 5.38 Å². The Hall–Kier alpha value is -1.13. The first-order valence-corrected chi connectivity index (χ1v) is 7.67. The van der Waals surface area contributed by atoms with E-state index in [9.17, 15) is 0 Å². The first kappa shape index (κ1) is 13.8. The van der Waals surface area contributed by atoms with Crippen molar-refractivity contribution in [2.24, 2.45) is 0 Å². The Morgan fingerprint density at radius 2 is 1.85 bits per heavy atom. The normalized spacial score (nSPS) is 15.8. The Morgan fingerprint density at radius 1 is 1.15 bits per heavy atom. The monoisotopic (exact) mass is 356 g/mol. The average Bonchev–Trinajstić information content (AvgIpc) is 2.72. The molecule has 1 aliphatic heterocycles. The minimum atomic E-state index is -0.291. The molecule has 2 aromatic rings. The Morgan fingerprint density at radius 3 is 2.50 bits per heavy atom. The van der Waals surface area contributed by atoms with Gasteiger partial charge >= 0.3 is 0 Å². The summed E-state index contributed by atoms with van der Waals surface area (Å²) in [4.78, 5) is 0. The first-order chi connectivity index (χ1) is 9.66. The fraction of sp³-hybridized carbons (Fsp3) is 0.333. The number of rotatable bonds is 2. The highest BCUT2D eigenvalue weighted by Gasteiger charge is 2.21. The van der Waals surface area contributed by atoms with Gasteiger partial charge in [-0.15, -0.1) is 11.6 Å². The third-order valence-corrected chi connectivity index (χ3v) is 4.47. The molecular weight excluding hydrogens is 344 g/mol. The number of ether oxygens (including phenoxy) is 2. The van der Waals surface area contributed by atoms with Gasteiger partial charge in [-0.3, -0.25) is 0 Å². The van der Waals surface area contributed by atoms with Gasteiger partial charge in [0.1, 0.15) is 5.76 Å². The van der Waals surface area contributed by atoms with Gasteiger partial charge in [-0.05, 0) is 30.7 Å². The van der Waals surface area contributed by atoms with Crippen LogP contribution in [-0.4, -0.2) is 13.2 Å². The molecule has 3 rings (SSSR count). The van der Waals surface area contributed by atoms with Gasteiger partial charge < -0.3 is 13.9 Å². The minimum absolute atomic E-state index is 0.291. The SMILES string of the molecule is Cc1occc1C(Cl)c1cc2c(cc1Br)OCCCO2. The van der Waals surface area contributed by atoms with Gasteiger partial charge in [-0.25, -0.2) is 0 Å². The van der Waals surface area contributed by atoms with E-state index in [4.69, 9.17) is 25.5 Å². The van der Waals surface area contributed by atoms with Gasteiger partial charge in [0.15, 0.2) is 11.5 Å². The van der Waals surface area contributed by atoms with Crippen molar-refractivity contribution in [1.82, 2.24) is 0 Å². The molecule has 0 aliphatic carbocycles. The summed E-state index contributed by atoms with van der Waals surface area (Å²) in [5, 5.41) is -0.291. The second-order valence-electron chi connectivity index (χ2n) is 4.67. The molecule has 5 heteroatoms. The van der Waals surface area contributed by atoms with E-state index in [0.717, 1.165) is 39.3 Å². The molecule has 0 bridgehead atoms. The zero-order chi connectivity index (χ0) is 14.1. The maximum Gasteiger partial charge on any atom is 0.162 e. The van der Waals surface area contributed by atoms with Gasteiger partial charge in [-0.1, -0.05) is 15.9 Å². The topological polar surface area (TPSA) is 31.6 Å². The lowest BCUT2D eigenvalue weighted by Gasteiger charge is -2.15. The van der Waals surface area contributed by atoms with Crippen LogP contribution in [0.4, 0.5) is 0 Å². The fourth-order valence-corrected chi connectivity index (χ4v) is 3.31. The van der Waals surface area contributed by atoms with Gasteiger partial charge in [0.2, 0.25) is 0 Å². The van der Waals surface area contributed by atoms with Crippen LogP contribution in [0.2, 0.25) is 0 Å². The van der Waals surface area contributed by atoms with Gasteiger partial charge in [0, 0.05) is 16.5 Å². The van der Waals surface area contributed by atoms with Gasteiger partial charge in [-0.2, -0.15) is 0 Å². The fourth-order valence-electron chi connectivity index (χ4n) is 2.22. The number of furan rings is 1. The highest BCUT2D eigenvalue weighted by Crippen LogP contribution is 2.42. The summed E-state index contributed by atoms with van der Waals surface area (Å²) < 4.78 is 17.6. The molecule has 2 heterocycles. The van der Waals surface area contributed by atoms with Crippen LogP contribution in [0.15, 0.2) is 33.4 Å². The highest BCUT2D eigenvalue weighted by molar-refractivity contribution is 9.10. The third-order valence-electron chi connectivity index (χ3n) is 3.31. The summed E-state index contributed by atoms with van der Waals surface area (Å²) in [5.74, 6) is 2.32. The van der Waals surface area contributed by atoms with Crippen LogP contribution in [0, 0.1) is 6.92 Å². The molecule has 3 nitrogen and oxygen atoms in total. The predicted octanol–water partition coefficient (Wildman–Crippen LogP) is 4.84. The Kier molecular flexibility index (Phi) is 3.94. The molecule has 1 aromatic heterocycles. The largest absolute Gasteiger partial charge is 0.490 e. The summed E-state index contributed by atoms with van der Waals surface area (Å²) >= 11 is 10.1. The van der Waals surface area contributed by atoms with Gasteiger partial charge in [0.05, 0.1) is 24.9 Å². The number of benzene rings is 1. The lowest BCUT2D eigenvalue weighted by Crippen LogP contribution is -1.98. The molecule has 1 aliphatic rings. The molecule has 1 atom stereocenters. The average molecular weight is 358 g/mol. The van der Waals surface area contributed by atoms with Crippen LogP contribution < -0.4 is 9.47 Å². The van der Waals surface area contributed by atoms with Gasteiger partial charge in [0.25, 0.3) is 0 Å². The molecule has 20 heavy (non-hydrogen) atoms. The molecular formula is C15H14BrClO3. The smallest absolute Gasteiger partial charge is 0.162 e. The zero-order valence-electron chi connectivity index (χ0n) is 11.0. The van der Waals surface area contributed by atoms with Crippen molar-refractivity contribution in [3.8, 4) is 11.5 Å². The summed E-state index contributed by atoms with van der Waals surface area (Å²) in [6.45, 7) is 3.23. The lowest BCUT2D eigenvalue weighted by molar-refractivity contribution is 0.297. The maximum atomic E-state index is 6.58. The third kappa shape index (κ3) is 2.54. The number of hydrogen-bond acceptors (Lipinski definition) is 3. The Bertz CT molecular complexity index is 624. The van der Waals surface area contributed by atoms with Crippen molar-refractivity contribution >= 4 is 27.5 Å². The molecule has 0 spiro atoms. The van der Waals surface area contributed by atoms with E-state index in [0.29, 0.717) is 13.2 Å². The van der Waals surface area contributed by atoms with Crippen molar-refractivity contribution in [3.63, 3.8) is 0 Å². The zero-order valence-corrected chi connectivity index (χ0v) is 13.3. The van der Waals surface area contributed by atoms with Crippen molar-refractivity contribution in [2.75, 3.05) is 13.2 Å². The van der Waals surface area contributed by atoms with E-state index in [2.05, 4.69) is 15.9 Å². The van der Waals surface area contributed by atoms with E-state index in [1.807, 2.05) is 25.1 Å². The molecule has 1 unspecified atom stereocenters. The molecule has 0 fully saturated rings. The first-order valence-electron chi connectivity index (χ1n) is 6.44.